The minimum atomic E-state index is -5.05. The van der Waals surface area contributed by atoms with Crippen molar-refractivity contribution in [3.8, 4) is 6.07 Å². The minimum Gasteiger partial charge on any atom is -0.327 e. The fourth-order valence-corrected chi connectivity index (χ4v) is 4.72. The first-order valence-electron chi connectivity index (χ1n) is 9.06. The van der Waals surface area contributed by atoms with Crippen molar-refractivity contribution in [3.63, 3.8) is 0 Å². The van der Waals surface area contributed by atoms with Crippen LogP contribution in [0.4, 0.5) is 23.7 Å². The van der Waals surface area contributed by atoms with Crippen LogP contribution < -0.4 is 4.90 Å². The SMILES string of the molecule is N#Cc1ncc(N2C(=O)[C@H]3C4CC(CN4C(=O)C(F)(F)F)N3C2=O)c2ccccc12. The van der Waals surface area contributed by atoms with Gasteiger partial charge in [0, 0.05) is 17.3 Å². The molecular weight excluding hydrogens is 403 g/mol. The number of amides is 4. The molecule has 3 fully saturated rings. The molecule has 0 spiro atoms. The lowest BCUT2D eigenvalue weighted by molar-refractivity contribution is -0.188. The molecule has 3 aliphatic heterocycles. The zero-order valence-corrected chi connectivity index (χ0v) is 15.1. The number of hydrogen-bond donors (Lipinski definition) is 0. The van der Waals surface area contributed by atoms with Crippen molar-refractivity contribution < 1.29 is 27.6 Å². The van der Waals surface area contributed by atoms with Gasteiger partial charge >= 0.3 is 18.1 Å². The Hall–Kier alpha value is -3.68. The zero-order chi connectivity index (χ0) is 21.4. The van der Waals surface area contributed by atoms with Crippen molar-refractivity contribution in [2.24, 2.45) is 0 Å². The molecule has 0 aliphatic carbocycles. The number of likely N-dealkylation sites (tertiary alicyclic amines) is 1. The molecule has 1 aromatic heterocycles. The average Bonchev–Trinajstić information content (AvgIpc) is 3.37. The van der Waals surface area contributed by atoms with Crippen LogP contribution in [0.2, 0.25) is 0 Å². The number of imide groups is 1. The van der Waals surface area contributed by atoms with Gasteiger partial charge in [-0.25, -0.2) is 14.7 Å². The lowest BCUT2D eigenvalue weighted by Gasteiger charge is -2.35. The molecule has 11 heteroatoms. The lowest BCUT2D eigenvalue weighted by Crippen LogP contribution is -2.57. The van der Waals surface area contributed by atoms with Crippen LogP contribution >= 0.6 is 0 Å². The Balaban J connectivity index is 1.56. The van der Waals surface area contributed by atoms with Gasteiger partial charge in [0.15, 0.2) is 0 Å². The number of fused-ring (bicyclic) bond motifs is 6. The number of pyridine rings is 1. The summed E-state index contributed by atoms with van der Waals surface area (Å²) in [6.45, 7) is -0.265. The maximum Gasteiger partial charge on any atom is 0.471 e. The van der Waals surface area contributed by atoms with Crippen LogP contribution in [0, 0.1) is 11.3 Å². The topological polar surface area (TPSA) is 97.6 Å². The molecule has 2 unspecified atom stereocenters. The molecule has 2 aromatic rings. The summed E-state index contributed by atoms with van der Waals surface area (Å²) in [5.41, 5.74) is 0.276. The summed E-state index contributed by atoms with van der Waals surface area (Å²) in [5, 5.41) is 10.1. The summed E-state index contributed by atoms with van der Waals surface area (Å²) >= 11 is 0. The average molecular weight is 415 g/mol. The molecule has 3 saturated heterocycles. The van der Waals surface area contributed by atoms with E-state index in [2.05, 4.69) is 4.98 Å². The van der Waals surface area contributed by atoms with E-state index >= 15 is 0 Å². The largest absolute Gasteiger partial charge is 0.471 e. The van der Waals surface area contributed by atoms with Crippen LogP contribution in [0.15, 0.2) is 30.5 Å². The molecule has 1 aromatic carbocycles. The summed E-state index contributed by atoms with van der Waals surface area (Å²) in [6.07, 6.45) is -3.68. The molecule has 2 bridgehead atoms. The van der Waals surface area contributed by atoms with Gasteiger partial charge in [-0.3, -0.25) is 9.59 Å². The number of aromatic nitrogens is 1. The maximum absolute atomic E-state index is 13.2. The Bertz CT molecular complexity index is 1170. The third-order valence-electron chi connectivity index (χ3n) is 5.89. The van der Waals surface area contributed by atoms with Gasteiger partial charge in [0.1, 0.15) is 17.8 Å². The number of halogens is 3. The molecule has 5 rings (SSSR count). The van der Waals surface area contributed by atoms with Crippen molar-refractivity contribution in [2.75, 3.05) is 11.4 Å². The lowest BCUT2D eigenvalue weighted by atomic mass is 10.1. The van der Waals surface area contributed by atoms with Gasteiger partial charge < -0.3 is 9.80 Å². The van der Waals surface area contributed by atoms with E-state index < -0.39 is 42.1 Å². The fourth-order valence-electron chi connectivity index (χ4n) is 4.72. The standard InChI is InChI=1S/C19H12F3N5O3/c20-19(21,22)17(29)25-8-9-5-13(25)15-16(28)27(18(30)26(9)15)14-7-24-12(6-23)10-3-1-2-4-11(10)14/h1-4,7,9,13,15H,5,8H2/t9?,13?,15-/m1/s1. The minimum absolute atomic E-state index is 0.121. The van der Waals surface area contributed by atoms with Crippen LogP contribution in [0.3, 0.4) is 0 Å². The summed E-state index contributed by atoms with van der Waals surface area (Å²) in [7, 11) is 0. The van der Waals surface area contributed by atoms with Gasteiger partial charge in [-0.15, -0.1) is 0 Å². The first kappa shape index (κ1) is 18.4. The van der Waals surface area contributed by atoms with Gasteiger partial charge in [0.25, 0.3) is 5.91 Å². The second-order valence-electron chi connectivity index (χ2n) is 7.37. The molecule has 0 radical (unpaired) electrons. The van der Waals surface area contributed by atoms with Gasteiger partial charge in [-0.1, -0.05) is 24.3 Å². The Kier molecular flexibility index (Phi) is 3.62. The molecule has 0 N–H and O–H groups in total. The molecule has 152 valence electrons. The van der Waals surface area contributed by atoms with Gasteiger partial charge in [-0.05, 0) is 6.42 Å². The van der Waals surface area contributed by atoms with Crippen molar-refractivity contribution >= 4 is 34.3 Å². The normalized spacial score (nSPS) is 25.3. The predicted molar refractivity (Wildman–Crippen MR) is 94.9 cm³/mol. The monoisotopic (exact) mass is 415 g/mol. The van der Waals surface area contributed by atoms with E-state index in [4.69, 9.17) is 0 Å². The van der Waals surface area contributed by atoms with Crippen LogP contribution in [-0.4, -0.2) is 63.5 Å². The Morgan fingerprint density at radius 1 is 1.20 bits per heavy atom. The number of nitrogens with zero attached hydrogens (tertiary/aromatic N) is 5. The number of benzene rings is 1. The smallest absolute Gasteiger partial charge is 0.327 e. The van der Waals surface area contributed by atoms with Crippen LogP contribution in [0.25, 0.3) is 10.8 Å². The van der Waals surface area contributed by atoms with E-state index in [0.717, 1.165) is 4.90 Å². The number of rotatable bonds is 1. The van der Waals surface area contributed by atoms with Crippen molar-refractivity contribution in [3.05, 3.63) is 36.2 Å². The third kappa shape index (κ3) is 2.27. The summed E-state index contributed by atoms with van der Waals surface area (Å²) in [5.74, 6) is -2.71. The number of nitriles is 1. The fraction of sp³-hybridized carbons (Fsp3) is 0.316. The van der Waals surface area contributed by atoms with Gasteiger partial charge in [0.05, 0.1) is 24.0 Å². The zero-order valence-electron chi connectivity index (χ0n) is 15.1. The summed E-state index contributed by atoms with van der Waals surface area (Å²) in [6, 6.07) is 5.05. The second-order valence-corrected chi connectivity index (χ2v) is 7.37. The van der Waals surface area contributed by atoms with E-state index in [-0.39, 0.29) is 24.3 Å². The molecule has 4 heterocycles. The molecule has 30 heavy (non-hydrogen) atoms. The highest BCUT2D eigenvalue weighted by Crippen LogP contribution is 2.44. The maximum atomic E-state index is 13.2. The van der Waals surface area contributed by atoms with E-state index in [1.54, 1.807) is 24.3 Å². The molecule has 3 aliphatic rings. The highest BCUT2D eigenvalue weighted by Gasteiger charge is 2.64. The molecule has 0 saturated carbocycles. The number of anilines is 1. The number of alkyl halides is 3. The highest BCUT2D eigenvalue weighted by atomic mass is 19.4. The quantitative estimate of drug-likeness (QED) is 0.662. The van der Waals surface area contributed by atoms with Gasteiger partial charge in [0.2, 0.25) is 0 Å². The van der Waals surface area contributed by atoms with Crippen LogP contribution in [-0.2, 0) is 9.59 Å². The number of urea groups is 1. The van der Waals surface area contributed by atoms with E-state index in [0.29, 0.717) is 15.7 Å². The number of hydrogen-bond acceptors (Lipinski definition) is 5. The van der Waals surface area contributed by atoms with E-state index in [1.165, 1.54) is 11.1 Å². The molecule has 3 atom stereocenters. The Morgan fingerprint density at radius 2 is 1.90 bits per heavy atom. The molecule has 8 nitrogen and oxygen atoms in total. The first-order chi connectivity index (χ1) is 14.2. The first-order valence-corrected chi connectivity index (χ1v) is 9.06. The molecular formula is C19H12F3N5O3. The number of carbonyl (C=O) groups excluding carboxylic acids is 3. The summed E-state index contributed by atoms with van der Waals surface area (Å²) in [4.78, 5) is 44.8. The third-order valence-corrected chi connectivity index (χ3v) is 5.89. The number of carbonyl (C=O) groups is 3. The van der Waals surface area contributed by atoms with Crippen molar-refractivity contribution in [1.82, 2.24) is 14.8 Å². The van der Waals surface area contributed by atoms with Crippen molar-refractivity contribution in [1.29, 1.82) is 5.26 Å². The van der Waals surface area contributed by atoms with Crippen molar-refractivity contribution in [2.45, 2.75) is 30.7 Å². The highest BCUT2D eigenvalue weighted by molar-refractivity contribution is 6.25. The van der Waals surface area contributed by atoms with E-state index in [9.17, 15) is 32.8 Å². The van der Waals surface area contributed by atoms with Gasteiger partial charge in [-0.2, -0.15) is 18.4 Å². The van der Waals surface area contributed by atoms with E-state index in [1.807, 2.05) is 6.07 Å². The molecule has 4 amide bonds. The second kappa shape index (κ2) is 5.91. The number of piperazine rings is 1. The predicted octanol–water partition coefficient (Wildman–Crippen LogP) is 1.79. The summed E-state index contributed by atoms with van der Waals surface area (Å²) < 4.78 is 38.8. The Morgan fingerprint density at radius 3 is 2.57 bits per heavy atom. The van der Waals surface area contributed by atoms with Crippen LogP contribution in [0.1, 0.15) is 12.1 Å². The Labute approximate surface area is 167 Å². The van der Waals surface area contributed by atoms with Crippen LogP contribution in [0.5, 0.6) is 0 Å².